The van der Waals surface area contributed by atoms with E-state index in [1.807, 2.05) is 30.3 Å². The Morgan fingerprint density at radius 3 is 2.63 bits per heavy atom. The molecule has 0 unspecified atom stereocenters. The fraction of sp³-hybridized carbons (Fsp3) is 0.190. The highest BCUT2D eigenvalue weighted by molar-refractivity contribution is 6.01. The molecule has 1 amide bonds. The molecular formula is C21H18N2O4. The van der Waals surface area contributed by atoms with E-state index in [-0.39, 0.29) is 11.5 Å². The number of fused-ring (bicyclic) bond motifs is 1. The van der Waals surface area contributed by atoms with E-state index < -0.39 is 12.6 Å². The Morgan fingerprint density at radius 1 is 1.19 bits per heavy atom. The van der Waals surface area contributed by atoms with Gasteiger partial charge >= 0.3 is 5.97 Å². The number of nitrogens with zero attached hydrogens (tertiary/aromatic N) is 2. The van der Waals surface area contributed by atoms with Crippen LogP contribution in [0.1, 0.15) is 11.1 Å². The molecule has 0 bridgehead atoms. The summed E-state index contributed by atoms with van der Waals surface area (Å²) >= 11 is 0. The van der Waals surface area contributed by atoms with Gasteiger partial charge in [0, 0.05) is 12.2 Å². The molecule has 2 aromatic carbocycles. The zero-order chi connectivity index (χ0) is 19.2. The van der Waals surface area contributed by atoms with Crippen molar-refractivity contribution in [2.75, 3.05) is 25.2 Å². The highest BCUT2D eigenvalue weighted by Crippen LogP contribution is 2.27. The topological polar surface area (TPSA) is 79.6 Å². The quantitative estimate of drug-likeness (QED) is 0.464. The predicted molar refractivity (Wildman–Crippen MR) is 100 cm³/mol. The van der Waals surface area contributed by atoms with Gasteiger partial charge in [0.25, 0.3) is 5.91 Å². The highest BCUT2D eigenvalue weighted by Gasteiger charge is 2.25. The number of carbonyl (C=O) groups excluding carboxylic acids is 2. The molecule has 1 aliphatic heterocycles. The van der Waals surface area contributed by atoms with E-state index in [9.17, 15) is 14.9 Å². The summed E-state index contributed by atoms with van der Waals surface area (Å²) in [7, 11) is 1.55. The van der Waals surface area contributed by atoms with Gasteiger partial charge in [-0.3, -0.25) is 4.79 Å². The third-order valence-electron chi connectivity index (χ3n) is 4.28. The first-order valence-electron chi connectivity index (χ1n) is 8.43. The Bertz CT molecular complexity index is 926. The maximum absolute atomic E-state index is 12.4. The number of para-hydroxylation sites is 1. The lowest BCUT2D eigenvalue weighted by molar-refractivity contribution is -0.143. The number of rotatable bonds is 5. The Balaban J connectivity index is 1.63. The van der Waals surface area contributed by atoms with Gasteiger partial charge in [0.2, 0.25) is 0 Å². The summed E-state index contributed by atoms with van der Waals surface area (Å²) in [5, 5.41) is 9.23. The van der Waals surface area contributed by atoms with Crippen LogP contribution in [0.3, 0.4) is 0 Å². The molecule has 0 saturated carbocycles. The summed E-state index contributed by atoms with van der Waals surface area (Å²) in [6.07, 6.45) is 2.19. The van der Waals surface area contributed by atoms with Crippen LogP contribution in [0.4, 0.5) is 5.69 Å². The van der Waals surface area contributed by atoms with Gasteiger partial charge in [0.05, 0.1) is 7.11 Å². The SMILES string of the molecule is COc1ccc(/C=C(\C#N)C(=O)OCC(=O)N2CCc3ccccc32)cc1. The number of hydrogen-bond acceptors (Lipinski definition) is 5. The summed E-state index contributed by atoms with van der Waals surface area (Å²) in [5.41, 5.74) is 2.42. The number of benzene rings is 2. The van der Waals surface area contributed by atoms with Crippen molar-refractivity contribution >= 4 is 23.6 Å². The zero-order valence-corrected chi connectivity index (χ0v) is 14.8. The molecule has 0 aliphatic carbocycles. The molecule has 0 N–H and O–H groups in total. The van der Waals surface area contributed by atoms with Crippen molar-refractivity contribution in [1.29, 1.82) is 5.26 Å². The van der Waals surface area contributed by atoms with Crippen molar-refractivity contribution in [2.24, 2.45) is 0 Å². The van der Waals surface area contributed by atoms with Crippen LogP contribution in [0.15, 0.2) is 54.1 Å². The molecule has 0 radical (unpaired) electrons. The van der Waals surface area contributed by atoms with Gasteiger partial charge in [-0.25, -0.2) is 4.79 Å². The van der Waals surface area contributed by atoms with Crippen LogP contribution in [0, 0.1) is 11.3 Å². The summed E-state index contributed by atoms with van der Waals surface area (Å²) < 4.78 is 10.1. The van der Waals surface area contributed by atoms with Crippen molar-refractivity contribution in [3.63, 3.8) is 0 Å². The summed E-state index contributed by atoms with van der Waals surface area (Å²) in [6.45, 7) is 0.150. The molecule has 0 saturated heterocycles. The highest BCUT2D eigenvalue weighted by atomic mass is 16.5. The van der Waals surface area contributed by atoms with Gasteiger partial charge in [0.15, 0.2) is 6.61 Å². The van der Waals surface area contributed by atoms with Crippen LogP contribution in [-0.4, -0.2) is 32.1 Å². The standard InChI is InChI=1S/C21H18N2O4/c1-26-18-8-6-15(7-9-18)12-17(13-22)21(25)27-14-20(24)23-11-10-16-4-2-3-5-19(16)23/h2-9,12H,10-11,14H2,1H3/b17-12+. The average molecular weight is 362 g/mol. The van der Waals surface area contributed by atoms with Crippen LogP contribution in [0.2, 0.25) is 0 Å². The Kier molecular flexibility index (Phi) is 5.53. The van der Waals surface area contributed by atoms with E-state index >= 15 is 0 Å². The third kappa shape index (κ3) is 4.15. The summed E-state index contributed by atoms with van der Waals surface area (Å²) in [4.78, 5) is 26.1. The molecule has 6 heteroatoms. The van der Waals surface area contributed by atoms with Crippen molar-refractivity contribution in [3.8, 4) is 11.8 Å². The van der Waals surface area contributed by atoms with Crippen molar-refractivity contribution in [2.45, 2.75) is 6.42 Å². The van der Waals surface area contributed by atoms with Gasteiger partial charge < -0.3 is 14.4 Å². The van der Waals surface area contributed by atoms with E-state index in [0.717, 1.165) is 17.7 Å². The first-order valence-corrected chi connectivity index (χ1v) is 8.43. The molecule has 1 heterocycles. The normalized spacial score (nSPS) is 12.9. The van der Waals surface area contributed by atoms with Gasteiger partial charge in [0.1, 0.15) is 17.4 Å². The molecule has 27 heavy (non-hydrogen) atoms. The van der Waals surface area contributed by atoms with E-state index in [4.69, 9.17) is 9.47 Å². The van der Waals surface area contributed by atoms with Gasteiger partial charge in [-0.2, -0.15) is 5.26 Å². The maximum atomic E-state index is 12.4. The lowest BCUT2D eigenvalue weighted by Gasteiger charge is -2.17. The summed E-state index contributed by atoms with van der Waals surface area (Å²) in [5.74, 6) is -0.464. The molecular weight excluding hydrogens is 344 g/mol. The van der Waals surface area contributed by atoms with E-state index in [1.54, 1.807) is 36.3 Å². The molecule has 3 rings (SSSR count). The predicted octanol–water partition coefficient (Wildman–Crippen LogP) is 2.73. The Labute approximate surface area is 157 Å². The van der Waals surface area contributed by atoms with E-state index in [1.165, 1.54) is 6.08 Å². The van der Waals surface area contributed by atoms with E-state index in [0.29, 0.717) is 17.9 Å². The van der Waals surface area contributed by atoms with Crippen molar-refractivity contribution in [3.05, 3.63) is 65.2 Å². The number of nitriles is 1. The fourth-order valence-corrected chi connectivity index (χ4v) is 2.88. The number of amides is 1. The minimum absolute atomic E-state index is 0.171. The number of ether oxygens (including phenoxy) is 2. The number of anilines is 1. The lowest BCUT2D eigenvalue weighted by Crippen LogP contribution is -2.33. The fourth-order valence-electron chi connectivity index (χ4n) is 2.88. The Morgan fingerprint density at radius 2 is 1.93 bits per heavy atom. The zero-order valence-electron chi connectivity index (χ0n) is 14.8. The molecule has 0 aromatic heterocycles. The van der Waals surface area contributed by atoms with Gasteiger partial charge in [-0.1, -0.05) is 30.3 Å². The van der Waals surface area contributed by atoms with Crippen LogP contribution in [0.25, 0.3) is 6.08 Å². The number of esters is 1. The molecule has 0 fully saturated rings. The minimum atomic E-state index is -0.825. The second-order valence-electron chi connectivity index (χ2n) is 5.94. The molecule has 0 atom stereocenters. The molecule has 1 aliphatic rings. The van der Waals surface area contributed by atoms with Crippen LogP contribution < -0.4 is 9.64 Å². The first-order chi connectivity index (χ1) is 13.1. The monoisotopic (exact) mass is 362 g/mol. The second kappa shape index (κ2) is 8.19. The molecule has 2 aromatic rings. The van der Waals surface area contributed by atoms with E-state index in [2.05, 4.69) is 0 Å². The number of methoxy groups -OCH3 is 1. The minimum Gasteiger partial charge on any atom is -0.497 e. The maximum Gasteiger partial charge on any atom is 0.349 e. The van der Waals surface area contributed by atoms with Crippen molar-refractivity contribution < 1.29 is 19.1 Å². The van der Waals surface area contributed by atoms with Crippen LogP contribution >= 0.6 is 0 Å². The largest absolute Gasteiger partial charge is 0.497 e. The molecule has 6 nitrogen and oxygen atoms in total. The molecule has 136 valence electrons. The third-order valence-corrected chi connectivity index (χ3v) is 4.28. The first kappa shape index (κ1) is 18.2. The lowest BCUT2D eigenvalue weighted by atomic mass is 10.1. The van der Waals surface area contributed by atoms with Crippen LogP contribution in [0.5, 0.6) is 5.75 Å². The second-order valence-corrected chi connectivity index (χ2v) is 5.94. The molecule has 0 spiro atoms. The smallest absolute Gasteiger partial charge is 0.349 e. The van der Waals surface area contributed by atoms with Crippen molar-refractivity contribution in [1.82, 2.24) is 0 Å². The number of hydrogen-bond donors (Lipinski definition) is 0. The Hall–Kier alpha value is -3.59. The van der Waals surface area contributed by atoms with Gasteiger partial charge in [-0.15, -0.1) is 0 Å². The number of carbonyl (C=O) groups is 2. The summed E-state index contributed by atoms with van der Waals surface area (Å²) in [6, 6.07) is 16.3. The van der Waals surface area contributed by atoms with Crippen LogP contribution in [-0.2, 0) is 20.7 Å². The average Bonchev–Trinajstić information content (AvgIpc) is 3.14. The van der Waals surface area contributed by atoms with Gasteiger partial charge in [-0.05, 0) is 41.8 Å².